The molecule has 1 aliphatic carbocycles. The number of fused-ring (bicyclic) bond motifs is 1. The zero-order valence-electron chi connectivity index (χ0n) is 13.5. The largest absolute Gasteiger partial charge is 0.416 e. The van der Waals surface area contributed by atoms with Crippen LogP contribution in [0.4, 0.5) is 13.2 Å². The second kappa shape index (κ2) is 5.48. The highest BCUT2D eigenvalue weighted by Gasteiger charge is 2.54. The molecular formula is C18H21F3N2O. The Labute approximate surface area is 139 Å². The van der Waals surface area contributed by atoms with Crippen LogP contribution in [0.3, 0.4) is 0 Å². The number of halogens is 3. The number of carbonyl (C=O) groups is 1. The minimum atomic E-state index is -4.34. The summed E-state index contributed by atoms with van der Waals surface area (Å²) in [6.07, 6.45) is -0.532. The summed E-state index contributed by atoms with van der Waals surface area (Å²) in [7, 11) is 0. The third-order valence-corrected chi connectivity index (χ3v) is 5.80. The van der Waals surface area contributed by atoms with Gasteiger partial charge in [0.25, 0.3) is 0 Å². The summed E-state index contributed by atoms with van der Waals surface area (Å²) in [4.78, 5) is 17.4. The van der Waals surface area contributed by atoms with Crippen molar-refractivity contribution in [3.63, 3.8) is 0 Å². The molecule has 3 nitrogen and oxygen atoms in total. The molecule has 0 N–H and O–H groups in total. The molecule has 2 aliphatic heterocycles. The lowest BCUT2D eigenvalue weighted by atomic mass is 9.92. The van der Waals surface area contributed by atoms with Gasteiger partial charge in [0.15, 0.2) is 0 Å². The van der Waals surface area contributed by atoms with E-state index in [1.807, 2.05) is 4.90 Å². The van der Waals surface area contributed by atoms with Crippen molar-refractivity contribution in [2.75, 3.05) is 26.2 Å². The lowest BCUT2D eigenvalue weighted by Crippen LogP contribution is -2.54. The van der Waals surface area contributed by atoms with Gasteiger partial charge < -0.3 is 4.90 Å². The second-order valence-electron chi connectivity index (χ2n) is 7.24. The molecule has 0 radical (unpaired) electrons. The van der Waals surface area contributed by atoms with E-state index in [2.05, 4.69) is 4.90 Å². The van der Waals surface area contributed by atoms with Crippen LogP contribution < -0.4 is 0 Å². The lowest BCUT2D eigenvalue weighted by molar-refractivity contribution is -0.137. The Kier molecular flexibility index (Phi) is 3.64. The highest BCUT2D eigenvalue weighted by molar-refractivity contribution is 5.91. The minimum Gasteiger partial charge on any atom is -0.339 e. The van der Waals surface area contributed by atoms with Crippen LogP contribution in [0.15, 0.2) is 24.3 Å². The summed E-state index contributed by atoms with van der Waals surface area (Å²) in [5.41, 5.74) is -0.506. The molecule has 1 unspecified atom stereocenters. The van der Waals surface area contributed by atoms with Gasteiger partial charge in [-0.05, 0) is 49.9 Å². The van der Waals surface area contributed by atoms with Crippen molar-refractivity contribution in [2.45, 2.75) is 43.3 Å². The van der Waals surface area contributed by atoms with Crippen LogP contribution in [-0.2, 0) is 16.4 Å². The number of amides is 1. The number of carbonyl (C=O) groups excluding carboxylic acids is 1. The highest BCUT2D eigenvalue weighted by Crippen LogP contribution is 2.50. The summed E-state index contributed by atoms with van der Waals surface area (Å²) in [6, 6.07) is 5.62. The molecule has 1 atom stereocenters. The predicted molar refractivity (Wildman–Crippen MR) is 83.5 cm³/mol. The fourth-order valence-electron chi connectivity index (χ4n) is 4.21. The molecule has 0 aromatic heterocycles. The average Bonchev–Trinajstić information content (AvgIpc) is 3.24. The van der Waals surface area contributed by atoms with E-state index >= 15 is 0 Å². The number of hydrogen-bond donors (Lipinski definition) is 0. The molecule has 1 amide bonds. The minimum absolute atomic E-state index is 0.105. The Balaban J connectivity index is 1.51. The molecule has 1 aromatic rings. The van der Waals surface area contributed by atoms with Crippen molar-refractivity contribution in [1.82, 2.24) is 9.80 Å². The van der Waals surface area contributed by atoms with Crippen LogP contribution in [0.5, 0.6) is 0 Å². The number of hydrogen-bond acceptors (Lipinski definition) is 2. The van der Waals surface area contributed by atoms with E-state index in [-0.39, 0.29) is 5.91 Å². The maximum Gasteiger partial charge on any atom is 0.416 e. The smallest absolute Gasteiger partial charge is 0.339 e. The molecule has 2 saturated heterocycles. The first-order chi connectivity index (χ1) is 11.4. The summed E-state index contributed by atoms with van der Waals surface area (Å²) >= 11 is 0. The van der Waals surface area contributed by atoms with Gasteiger partial charge in [0.1, 0.15) is 0 Å². The van der Waals surface area contributed by atoms with E-state index in [9.17, 15) is 18.0 Å². The first-order valence-corrected chi connectivity index (χ1v) is 8.61. The predicted octanol–water partition coefficient (Wildman–Crippen LogP) is 3.04. The van der Waals surface area contributed by atoms with Gasteiger partial charge in [0, 0.05) is 25.7 Å². The van der Waals surface area contributed by atoms with Gasteiger partial charge >= 0.3 is 6.18 Å². The molecule has 3 fully saturated rings. The molecule has 1 aromatic carbocycles. The average molecular weight is 338 g/mol. The molecular weight excluding hydrogens is 317 g/mol. The van der Waals surface area contributed by atoms with E-state index in [0.717, 1.165) is 63.1 Å². The Bertz CT molecular complexity index is 637. The Morgan fingerprint density at radius 2 is 1.79 bits per heavy atom. The highest BCUT2D eigenvalue weighted by atomic mass is 19.4. The molecule has 130 valence electrons. The zero-order valence-corrected chi connectivity index (χ0v) is 13.5. The maximum absolute atomic E-state index is 13.0. The van der Waals surface area contributed by atoms with E-state index in [1.165, 1.54) is 18.6 Å². The monoisotopic (exact) mass is 338 g/mol. The Morgan fingerprint density at radius 1 is 1.08 bits per heavy atom. The van der Waals surface area contributed by atoms with E-state index in [1.54, 1.807) is 0 Å². The van der Waals surface area contributed by atoms with Crippen molar-refractivity contribution in [1.29, 1.82) is 0 Å². The number of rotatable bonds is 2. The zero-order chi connectivity index (χ0) is 16.9. The number of alkyl halides is 3. The van der Waals surface area contributed by atoms with Crippen LogP contribution in [-0.4, -0.2) is 47.9 Å². The van der Waals surface area contributed by atoms with Crippen molar-refractivity contribution >= 4 is 5.91 Å². The standard InChI is InChI=1S/C18H21F3N2O/c19-18(20,21)14-5-3-13(4-6-14)17(7-8-17)16(24)23-11-10-22-9-1-2-15(22)12-23/h3-6,15H,1-2,7-12H2. The second-order valence-corrected chi connectivity index (χ2v) is 7.24. The summed E-state index contributed by atoms with van der Waals surface area (Å²) in [6.45, 7) is 3.54. The van der Waals surface area contributed by atoms with Crippen molar-refractivity contribution in [3.05, 3.63) is 35.4 Å². The topological polar surface area (TPSA) is 23.6 Å². The number of nitrogens with zero attached hydrogens (tertiary/aromatic N) is 2. The summed E-state index contributed by atoms with van der Waals surface area (Å²) < 4.78 is 38.2. The molecule has 1 saturated carbocycles. The van der Waals surface area contributed by atoms with Crippen LogP contribution in [0, 0.1) is 0 Å². The van der Waals surface area contributed by atoms with Gasteiger partial charge in [-0.3, -0.25) is 9.69 Å². The van der Waals surface area contributed by atoms with Gasteiger partial charge in [-0.25, -0.2) is 0 Å². The first-order valence-electron chi connectivity index (χ1n) is 8.61. The third-order valence-electron chi connectivity index (χ3n) is 5.80. The first kappa shape index (κ1) is 15.9. The van der Waals surface area contributed by atoms with Gasteiger partial charge in [-0.1, -0.05) is 12.1 Å². The molecule has 6 heteroatoms. The van der Waals surface area contributed by atoms with Crippen LogP contribution >= 0.6 is 0 Å². The van der Waals surface area contributed by atoms with Gasteiger partial charge in [-0.2, -0.15) is 13.2 Å². The van der Waals surface area contributed by atoms with E-state index < -0.39 is 17.2 Å². The van der Waals surface area contributed by atoms with Crippen LogP contribution in [0.2, 0.25) is 0 Å². The molecule has 2 heterocycles. The van der Waals surface area contributed by atoms with E-state index in [4.69, 9.17) is 0 Å². The van der Waals surface area contributed by atoms with Crippen molar-refractivity contribution < 1.29 is 18.0 Å². The molecule has 0 spiro atoms. The van der Waals surface area contributed by atoms with E-state index in [0.29, 0.717) is 6.04 Å². The quantitative estimate of drug-likeness (QED) is 0.827. The van der Waals surface area contributed by atoms with Gasteiger partial charge in [0.05, 0.1) is 11.0 Å². The molecule has 4 rings (SSSR count). The van der Waals surface area contributed by atoms with Crippen molar-refractivity contribution in [3.8, 4) is 0 Å². The Hall–Kier alpha value is -1.56. The normalized spacial score (nSPS) is 26.3. The van der Waals surface area contributed by atoms with Gasteiger partial charge in [-0.15, -0.1) is 0 Å². The van der Waals surface area contributed by atoms with Crippen LogP contribution in [0.25, 0.3) is 0 Å². The number of benzene rings is 1. The molecule has 0 bridgehead atoms. The lowest BCUT2D eigenvalue weighted by Gasteiger charge is -2.39. The molecule has 3 aliphatic rings. The molecule has 24 heavy (non-hydrogen) atoms. The fourth-order valence-corrected chi connectivity index (χ4v) is 4.21. The summed E-state index contributed by atoms with van der Waals surface area (Å²) in [5.74, 6) is 0.105. The van der Waals surface area contributed by atoms with Crippen LogP contribution in [0.1, 0.15) is 36.8 Å². The Morgan fingerprint density at radius 3 is 2.42 bits per heavy atom. The third kappa shape index (κ3) is 2.61. The van der Waals surface area contributed by atoms with Crippen molar-refractivity contribution in [2.24, 2.45) is 0 Å². The maximum atomic E-state index is 13.0. The van der Waals surface area contributed by atoms with Gasteiger partial charge in [0.2, 0.25) is 5.91 Å². The number of piperazine rings is 1. The SMILES string of the molecule is O=C(N1CCN2CCCC2C1)C1(c2ccc(C(F)(F)F)cc2)CC1. The summed E-state index contributed by atoms with van der Waals surface area (Å²) in [5, 5.41) is 0. The fraction of sp³-hybridized carbons (Fsp3) is 0.611.